The number of hydrogen-bond acceptors (Lipinski definition) is 3. The van der Waals surface area contributed by atoms with Crippen molar-refractivity contribution in [2.45, 2.75) is 6.82 Å². The Hall–Kier alpha value is -3.34. The lowest BCUT2D eigenvalue weighted by molar-refractivity contribution is -0.658. The number of hydrogen-bond donors (Lipinski definition) is 0. The number of benzene rings is 1. The van der Waals surface area contributed by atoms with E-state index in [1.54, 1.807) is 6.20 Å². The molecule has 0 radical (unpaired) electrons. The molecule has 4 aromatic rings. The van der Waals surface area contributed by atoms with Gasteiger partial charge in [-0.15, -0.1) is 0 Å². The van der Waals surface area contributed by atoms with E-state index in [1.807, 2.05) is 18.2 Å². The van der Waals surface area contributed by atoms with E-state index in [9.17, 15) is 0 Å². The summed E-state index contributed by atoms with van der Waals surface area (Å²) in [6.45, 7) is 2.35. The van der Waals surface area contributed by atoms with E-state index >= 15 is 0 Å². The smallest absolute Gasteiger partial charge is 0.413 e. The Kier molecular flexibility index (Phi) is 3.61. The quantitative estimate of drug-likeness (QED) is 0.408. The molecular weight excluding hydrogens is 333 g/mol. The van der Waals surface area contributed by atoms with Gasteiger partial charge in [0.1, 0.15) is 5.76 Å². The van der Waals surface area contributed by atoms with Crippen LogP contribution in [0.2, 0.25) is 6.82 Å². The predicted molar refractivity (Wildman–Crippen MR) is 110 cm³/mol. The second-order valence-electron chi connectivity index (χ2n) is 6.89. The van der Waals surface area contributed by atoms with Gasteiger partial charge in [-0.25, -0.2) is 9.55 Å². The first-order valence-electron chi connectivity index (χ1n) is 9.11. The highest BCUT2D eigenvalue weighted by atomic mass is 16.3. The molecule has 4 nitrogen and oxygen atoms in total. The van der Waals surface area contributed by atoms with Crippen LogP contribution in [0.5, 0.6) is 0 Å². The van der Waals surface area contributed by atoms with Crippen LogP contribution in [-0.4, -0.2) is 11.8 Å². The first-order valence-corrected chi connectivity index (χ1v) is 9.11. The van der Waals surface area contributed by atoms with E-state index in [4.69, 9.17) is 4.42 Å². The summed E-state index contributed by atoms with van der Waals surface area (Å²) in [5, 5.41) is 1.08. The molecule has 0 atom stereocenters. The number of aromatic nitrogens is 2. The molecule has 0 aliphatic carbocycles. The van der Waals surface area contributed by atoms with Crippen LogP contribution in [0, 0.1) is 0 Å². The van der Waals surface area contributed by atoms with Crippen molar-refractivity contribution in [2.24, 2.45) is 7.05 Å². The van der Waals surface area contributed by atoms with Crippen molar-refractivity contribution in [3.63, 3.8) is 0 Å². The Morgan fingerprint density at radius 2 is 1.89 bits per heavy atom. The van der Waals surface area contributed by atoms with Crippen LogP contribution < -0.4 is 14.8 Å². The number of fused-ring (bicyclic) bond motifs is 3. The Morgan fingerprint density at radius 3 is 2.74 bits per heavy atom. The molecule has 1 aliphatic rings. The zero-order valence-electron chi connectivity index (χ0n) is 15.3. The molecule has 0 saturated carbocycles. The van der Waals surface area contributed by atoms with E-state index in [0.29, 0.717) is 5.71 Å². The molecule has 5 rings (SSSR count). The molecule has 1 aromatic carbocycles. The van der Waals surface area contributed by atoms with Crippen LogP contribution in [0.25, 0.3) is 28.3 Å². The first-order chi connectivity index (χ1) is 13.2. The molecule has 0 saturated heterocycles. The van der Waals surface area contributed by atoms with Crippen LogP contribution in [0.3, 0.4) is 0 Å². The highest BCUT2D eigenvalue weighted by Crippen LogP contribution is 2.27. The lowest BCUT2D eigenvalue weighted by atomic mass is 9.54. The van der Waals surface area contributed by atoms with Crippen molar-refractivity contribution in [3.05, 3.63) is 79.0 Å². The van der Waals surface area contributed by atoms with Gasteiger partial charge in [-0.05, 0) is 36.1 Å². The third kappa shape index (κ3) is 2.55. The average Bonchev–Trinajstić information content (AvgIpc) is 3.09. The van der Waals surface area contributed by atoms with Gasteiger partial charge >= 0.3 is 6.85 Å². The largest absolute Gasteiger partial charge is 0.439 e. The minimum atomic E-state index is 0.146. The third-order valence-electron chi connectivity index (χ3n) is 5.25. The predicted octanol–water partition coefficient (Wildman–Crippen LogP) is 3.64. The fourth-order valence-electron chi connectivity index (χ4n) is 3.84. The van der Waals surface area contributed by atoms with Crippen LogP contribution >= 0.6 is 0 Å². The number of rotatable bonds is 2. The average molecular weight is 352 g/mol. The van der Waals surface area contributed by atoms with Gasteiger partial charge in [-0.3, -0.25) is 4.81 Å². The highest BCUT2D eigenvalue weighted by Gasteiger charge is 2.37. The molecule has 0 bridgehead atoms. The number of anilines is 1. The highest BCUT2D eigenvalue weighted by molar-refractivity contribution is 6.79. The normalized spacial score (nSPS) is 13.3. The summed E-state index contributed by atoms with van der Waals surface area (Å²) in [6, 6.07) is 18.9. The molecule has 3 aromatic heterocycles. The molecule has 1 aliphatic heterocycles. The summed E-state index contributed by atoms with van der Waals surface area (Å²) < 4.78 is 8.09. The van der Waals surface area contributed by atoms with Crippen molar-refractivity contribution in [1.82, 2.24) is 4.98 Å². The van der Waals surface area contributed by atoms with E-state index in [0.717, 1.165) is 17.0 Å². The molecule has 0 fully saturated rings. The molecule has 5 heteroatoms. The summed E-state index contributed by atoms with van der Waals surface area (Å²) in [5.41, 5.74) is 4.30. The summed E-state index contributed by atoms with van der Waals surface area (Å²) in [5.74, 6) is 2.03. The molecule has 0 amide bonds. The Balaban J connectivity index is 1.62. The first kappa shape index (κ1) is 15.9. The van der Waals surface area contributed by atoms with Gasteiger partial charge in [0.2, 0.25) is 5.71 Å². The van der Waals surface area contributed by atoms with Gasteiger partial charge in [0.25, 0.3) is 5.82 Å². The van der Waals surface area contributed by atoms with Crippen molar-refractivity contribution >= 4 is 35.3 Å². The molecule has 27 heavy (non-hydrogen) atoms. The molecule has 130 valence electrons. The van der Waals surface area contributed by atoms with E-state index < -0.39 is 0 Å². The molecular formula is C22H19BN3O+. The minimum Gasteiger partial charge on any atom is -0.439 e. The van der Waals surface area contributed by atoms with Crippen LogP contribution in [0.1, 0.15) is 5.76 Å². The lowest BCUT2D eigenvalue weighted by Crippen LogP contribution is -2.50. The van der Waals surface area contributed by atoms with Gasteiger partial charge < -0.3 is 4.42 Å². The fraction of sp³-hybridized carbons (Fsp3) is 0.0909. The number of nitrogens with zero attached hydrogens (tertiary/aromatic N) is 3. The zero-order chi connectivity index (χ0) is 18.4. The number of pyridine rings is 2. The van der Waals surface area contributed by atoms with Crippen LogP contribution in [-0.2, 0) is 7.05 Å². The maximum Gasteiger partial charge on any atom is 0.413 e. The summed E-state index contributed by atoms with van der Waals surface area (Å²) in [7, 11) is 2.08. The second-order valence-corrected chi connectivity index (χ2v) is 6.89. The Morgan fingerprint density at radius 1 is 1.04 bits per heavy atom. The van der Waals surface area contributed by atoms with Gasteiger partial charge in [0.15, 0.2) is 0 Å². The van der Waals surface area contributed by atoms with Gasteiger partial charge in [0.05, 0.1) is 19.4 Å². The second kappa shape index (κ2) is 6.13. The van der Waals surface area contributed by atoms with Gasteiger partial charge in [-0.1, -0.05) is 30.3 Å². The van der Waals surface area contributed by atoms with Crippen molar-refractivity contribution in [2.75, 3.05) is 4.81 Å². The Bertz CT molecular complexity index is 1170. The molecule has 0 N–H and O–H groups in total. The number of aryl methyl sites for hydroxylation is 1. The number of furan rings is 1. The summed E-state index contributed by atoms with van der Waals surface area (Å²) in [4.78, 5) is 6.65. The van der Waals surface area contributed by atoms with Crippen LogP contribution in [0.4, 0.5) is 5.82 Å². The van der Waals surface area contributed by atoms with Crippen molar-refractivity contribution < 1.29 is 8.98 Å². The van der Waals surface area contributed by atoms with Crippen molar-refractivity contribution in [1.29, 1.82) is 0 Å². The third-order valence-corrected chi connectivity index (χ3v) is 5.25. The summed E-state index contributed by atoms with van der Waals surface area (Å²) in [6.07, 6.45) is 8.02. The van der Waals surface area contributed by atoms with Crippen molar-refractivity contribution in [3.8, 4) is 11.1 Å². The zero-order valence-corrected chi connectivity index (χ0v) is 15.3. The summed E-state index contributed by atoms with van der Waals surface area (Å²) >= 11 is 0. The maximum absolute atomic E-state index is 5.94. The van der Waals surface area contributed by atoms with Gasteiger partial charge in [-0.2, -0.15) is 0 Å². The standard InChI is InChI=1S/C22H19BN3O/c1-23-21-18-9-6-12-24-22(18)27-19(21)11-14-26(23)20-15-17(10-13-25(20)2)16-7-4-3-5-8-16/h3-15H,1-2H3/q+1. The monoisotopic (exact) mass is 352 g/mol. The van der Waals surface area contributed by atoms with Crippen LogP contribution in [0.15, 0.2) is 77.6 Å². The maximum atomic E-state index is 5.94. The fourth-order valence-corrected chi connectivity index (χ4v) is 3.84. The Labute approximate surface area is 158 Å². The SMILES string of the molecule is CB1c2c(oc3ncccc23)C=CN1c1cc(-c2ccccc2)cc[n+]1C. The van der Waals surface area contributed by atoms with E-state index in [-0.39, 0.29) is 6.85 Å². The minimum absolute atomic E-state index is 0.146. The van der Waals surface area contributed by atoms with E-state index in [2.05, 4.69) is 83.1 Å². The topological polar surface area (TPSA) is 33.2 Å². The molecule has 0 unspecified atom stereocenters. The molecule has 0 spiro atoms. The lowest BCUT2D eigenvalue weighted by Gasteiger charge is -2.22. The van der Waals surface area contributed by atoms with E-state index in [1.165, 1.54) is 16.6 Å². The molecule has 4 heterocycles. The van der Waals surface area contributed by atoms with Gasteiger partial charge in [0, 0.05) is 29.2 Å².